The van der Waals surface area contributed by atoms with Crippen LogP contribution in [0.4, 0.5) is 5.69 Å². The van der Waals surface area contributed by atoms with E-state index in [-0.39, 0.29) is 30.7 Å². The number of hydrogen-bond acceptors (Lipinski definition) is 5. The lowest BCUT2D eigenvalue weighted by molar-refractivity contribution is -0.122. The van der Waals surface area contributed by atoms with E-state index in [0.717, 1.165) is 27.9 Å². The highest BCUT2D eigenvalue weighted by atomic mass is 35.5. The monoisotopic (exact) mass is 486 g/mol. The number of carbonyl (C=O) groups excluding carboxylic acids is 2. The molecule has 3 rings (SSSR count). The Morgan fingerprint density at radius 3 is 2.39 bits per heavy atom. The molecule has 33 heavy (non-hydrogen) atoms. The summed E-state index contributed by atoms with van der Waals surface area (Å²) in [5.74, 6) is -0.265. The third kappa shape index (κ3) is 6.83. The number of hydrogen-bond donors (Lipinski definition) is 3. The highest BCUT2D eigenvalue weighted by molar-refractivity contribution is 7.99. The first-order valence-electron chi connectivity index (χ1n) is 10.4. The second kappa shape index (κ2) is 11.4. The summed E-state index contributed by atoms with van der Waals surface area (Å²) in [6, 6.07) is 11.3. The molecule has 3 aromatic rings. The minimum Gasteiger partial charge on any atom is -0.390 e. The normalized spacial score (nSPS) is 10.8. The second-order valence-electron chi connectivity index (χ2n) is 7.79. The average molecular weight is 487 g/mol. The van der Waals surface area contributed by atoms with Crippen molar-refractivity contribution in [2.45, 2.75) is 45.6 Å². The van der Waals surface area contributed by atoms with Gasteiger partial charge >= 0.3 is 0 Å². The Morgan fingerprint density at radius 1 is 1.09 bits per heavy atom. The molecule has 1 aromatic heterocycles. The Labute approximate surface area is 202 Å². The number of anilines is 1. The van der Waals surface area contributed by atoms with Crippen molar-refractivity contribution in [2.24, 2.45) is 0 Å². The summed E-state index contributed by atoms with van der Waals surface area (Å²) in [6.45, 7) is 6.04. The highest BCUT2D eigenvalue weighted by Gasteiger charge is 2.16. The zero-order chi connectivity index (χ0) is 24.0. The zero-order valence-electron chi connectivity index (χ0n) is 18.8. The fraction of sp³-hybridized carbons (Fsp3) is 0.292. The van der Waals surface area contributed by atoms with Crippen LogP contribution >= 0.6 is 23.4 Å². The van der Waals surface area contributed by atoms with Gasteiger partial charge in [0.15, 0.2) is 5.16 Å². The van der Waals surface area contributed by atoms with E-state index in [9.17, 15) is 14.7 Å². The molecule has 2 aromatic carbocycles. The van der Waals surface area contributed by atoms with Crippen LogP contribution in [0.25, 0.3) is 0 Å². The van der Waals surface area contributed by atoms with E-state index in [1.165, 1.54) is 18.0 Å². The van der Waals surface area contributed by atoms with E-state index < -0.39 is 0 Å². The summed E-state index contributed by atoms with van der Waals surface area (Å²) in [6.07, 6.45) is 1.51. The molecule has 174 valence electrons. The van der Waals surface area contributed by atoms with Gasteiger partial charge in [0.25, 0.3) is 0 Å². The highest BCUT2D eigenvalue weighted by Crippen LogP contribution is 2.23. The largest absolute Gasteiger partial charge is 0.390 e. The van der Waals surface area contributed by atoms with Crippen LogP contribution in [0.3, 0.4) is 0 Å². The topological polar surface area (TPSA) is 96.2 Å². The first kappa shape index (κ1) is 24.8. The van der Waals surface area contributed by atoms with Crippen LogP contribution in [0, 0.1) is 20.8 Å². The maximum Gasteiger partial charge on any atom is 0.240 e. The summed E-state index contributed by atoms with van der Waals surface area (Å²) >= 11 is 7.10. The molecule has 0 atom stereocenters. The number of aliphatic hydroxyl groups is 1. The van der Waals surface area contributed by atoms with Gasteiger partial charge in [-0.1, -0.05) is 53.2 Å². The molecule has 0 unspecified atom stereocenters. The number of nitrogens with zero attached hydrogens (tertiary/aromatic N) is 2. The van der Waals surface area contributed by atoms with Crippen molar-refractivity contribution in [1.29, 1.82) is 0 Å². The number of aromatic nitrogens is 2. The fourth-order valence-electron chi connectivity index (χ4n) is 3.49. The van der Waals surface area contributed by atoms with Crippen LogP contribution in [0.5, 0.6) is 0 Å². The molecule has 0 saturated heterocycles. The standard InChI is InChI=1S/C24H27ClN4O3S/c1-15-8-16(2)23(17(3)9-15)28-22(32)14-33-24-27-11-20(13-30)29(24)12-21(31)26-10-18-4-6-19(25)7-5-18/h4-9,11,30H,10,12-14H2,1-3H3,(H,26,31)(H,28,32). The molecule has 0 radical (unpaired) electrons. The second-order valence-corrected chi connectivity index (χ2v) is 9.17. The number of amides is 2. The smallest absolute Gasteiger partial charge is 0.240 e. The lowest BCUT2D eigenvalue weighted by Gasteiger charge is -2.13. The fourth-order valence-corrected chi connectivity index (χ4v) is 4.41. The third-order valence-corrected chi connectivity index (χ3v) is 6.28. The summed E-state index contributed by atoms with van der Waals surface area (Å²) in [5, 5.41) is 16.6. The zero-order valence-corrected chi connectivity index (χ0v) is 20.4. The summed E-state index contributed by atoms with van der Waals surface area (Å²) in [7, 11) is 0. The van der Waals surface area contributed by atoms with E-state index in [2.05, 4.69) is 15.6 Å². The van der Waals surface area contributed by atoms with Gasteiger partial charge in [-0.05, 0) is 49.6 Å². The number of nitrogens with one attached hydrogen (secondary N) is 2. The van der Waals surface area contributed by atoms with Gasteiger partial charge in [-0.25, -0.2) is 4.98 Å². The minimum absolute atomic E-state index is 0.0103. The van der Waals surface area contributed by atoms with Crippen LogP contribution in [0.1, 0.15) is 27.9 Å². The predicted molar refractivity (Wildman–Crippen MR) is 131 cm³/mol. The molecular formula is C24H27ClN4O3S. The number of thioether (sulfide) groups is 1. The van der Waals surface area contributed by atoms with Crippen molar-refractivity contribution in [3.05, 3.63) is 75.6 Å². The minimum atomic E-state index is -0.258. The number of aliphatic hydroxyl groups excluding tert-OH is 1. The molecule has 3 N–H and O–H groups in total. The van der Waals surface area contributed by atoms with Crippen LogP contribution in [-0.4, -0.2) is 32.2 Å². The molecule has 7 nitrogen and oxygen atoms in total. The van der Waals surface area contributed by atoms with Crippen molar-refractivity contribution in [3.63, 3.8) is 0 Å². The van der Waals surface area contributed by atoms with Gasteiger partial charge in [-0.2, -0.15) is 0 Å². The number of aryl methyl sites for hydroxylation is 3. The van der Waals surface area contributed by atoms with Crippen LogP contribution in [0.2, 0.25) is 5.02 Å². The molecule has 1 heterocycles. The molecule has 0 aliphatic carbocycles. The number of halogens is 1. The molecule has 0 fully saturated rings. The van der Waals surface area contributed by atoms with Gasteiger partial charge in [0.1, 0.15) is 6.54 Å². The Morgan fingerprint density at radius 2 is 1.76 bits per heavy atom. The van der Waals surface area contributed by atoms with Crippen LogP contribution in [-0.2, 0) is 29.3 Å². The van der Waals surface area contributed by atoms with Crippen LogP contribution < -0.4 is 10.6 Å². The van der Waals surface area contributed by atoms with Gasteiger partial charge in [0.05, 0.1) is 24.3 Å². The Balaban J connectivity index is 1.60. The maximum atomic E-state index is 12.6. The number of rotatable bonds is 9. The predicted octanol–water partition coefficient (Wildman–Crippen LogP) is 4.00. The maximum absolute atomic E-state index is 12.6. The summed E-state index contributed by atoms with van der Waals surface area (Å²) in [4.78, 5) is 29.3. The molecule has 2 amide bonds. The Kier molecular flexibility index (Phi) is 8.55. The third-order valence-electron chi connectivity index (χ3n) is 5.04. The van der Waals surface area contributed by atoms with E-state index in [1.54, 1.807) is 16.7 Å². The molecular weight excluding hydrogens is 460 g/mol. The molecule has 0 bridgehead atoms. The van der Waals surface area contributed by atoms with Gasteiger partial charge in [-0.15, -0.1) is 0 Å². The van der Waals surface area contributed by atoms with E-state index in [1.807, 2.05) is 45.0 Å². The van der Waals surface area contributed by atoms with Crippen molar-refractivity contribution < 1.29 is 14.7 Å². The number of imidazole rings is 1. The number of carbonyl (C=O) groups is 2. The molecule has 0 aliphatic rings. The first-order chi connectivity index (χ1) is 15.8. The van der Waals surface area contributed by atoms with Gasteiger partial charge in [0, 0.05) is 17.3 Å². The first-order valence-corrected chi connectivity index (χ1v) is 11.8. The lowest BCUT2D eigenvalue weighted by atomic mass is 10.1. The van der Waals surface area contributed by atoms with E-state index >= 15 is 0 Å². The van der Waals surface area contributed by atoms with Crippen molar-refractivity contribution in [1.82, 2.24) is 14.9 Å². The van der Waals surface area contributed by atoms with Gasteiger partial charge in [0.2, 0.25) is 11.8 Å². The number of benzene rings is 2. The van der Waals surface area contributed by atoms with Crippen molar-refractivity contribution in [2.75, 3.05) is 11.1 Å². The summed E-state index contributed by atoms with van der Waals surface area (Å²) in [5.41, 5.74) is 5.40. The van der Waals surface area contributed by atoms with Crippen molar-refractivity contribution >= 4 is 40.9 Å². The molecule has 0 saturated carbocycles. The van der Waals surface area contributed by atoms with E-state index in [0.29, 0.717) is 22.4 Å². The summed E-state index contributed by atoms with van der Waals surface area (Å²) < 4.78 is 1.62. The Hall–Kier alpha value is -2.81. The quantitative estimate of drug-likeness (QED) is 0.397. The molecule has 9 heteroatoms. The van der Waals surface area contributed by atoms with E-state index in [4.69, 9.17) is 11.6 Å². The Bertz CT molecular complexity index is 1120. The average Bonchev–Trinajstić information content (AvgIpc) is 3.15. The SMILES string of the molecule is Cc1cc(C)c(NC(=O)CSc2ncc(CO)n2CC(=O)NCc2ccc(Cl)cc2)c(C)c1. The van der Waals surface area contributed by atoms with Gasteiger partial charge < -0.3 is 20.3 Å². The molecule has 0 spiro atoms. The van der Waals surface area contributed by atoms with Crippen molar-refractivity contribution in [3.8, 4) is 0 Å². The lowest BCUT2D eigenvalue weighted by Crippen LogP contribution is -2.28. The molecule has 0 aliphatic heterocycles. The van der Waals surface area contributed by atoms with Crippen LogP contribution in [0.15, 0.2) is 47.8 Å². The van der Waals surface area contributed by atoms with Gasteiger partial charge in [-0.3, -0.25) is 9.59 Å².